The number of carbonyl (C=O) groups excluding carboxylic acids is 4. The number of hydrogen-bond donors (Lipinski definition) is 0. The molecule has 0 aliphatic carbocycles. The van der Waals surface area contributed by atoms with Gasteiger partial charge in [-0.15, -0.1) is 0 Å². The summed E-state index contributed by atoms with van der Waals surface area (Å²) in [6.07, 6.45) is 0. The summed E-state index contributed by atoms with van der Waals surface area (Å²) in [5.41, 5.74) is -3.48. The van der Waals surface area contributed by atoms with Crippen LogP contribution in [0.5, 0.6) is 5.75 Å². The topological polar surface area (TPSA) is 99.2 Å². The number of nitrogens with zero attached hydrogens (tertiary/aromatic N) is 1. The third-order valence-corrected chi connectivity index (χ3v) is 5.09. The molecule has 1 aliphatic rings. The molecule has 1 aliphatic heterocycles. The first kappa shape index (κ1) is 25.4. The van der Waals surface area contributed by atoms with Crippen molar-refractivity contribution in [3.63, 3.8) is 0 Å². The molecular formula is C24H33NO7. The molecule has 32 heavy (non-hydrogen) atoms. The van der Waals surface area contributed by atoms with Gasteiger partial charge in [-0.25, -0.2) is 9.59 Å². The summed E-state index contributed by atoms with van der Waals surface area (Å²) in [6, 6.07) is 6.16. The van der Waals surface area contributed by atoms with E-state index in [4.69, 9.17) is 14.2 Å². The molecule has 1 amide bonds. The maximum Gasteiger partial charge on any atom is 0.345 e. The van der Waals surface area contributed by atoms with E-state index in [9.17, 15) is 19.2 Å². The molecule has 0 bridgehead atoms. The lowest BCUT2D eigenvalue weighted by Crippen LogP contribution is -2.81. The lowest BCUT2D eigenvalue weighted by molar-refractivity contribution is -0.216. The van der Waals surface area contributed by atoms with Crippen molar-refractivity contribution in [2.45, 2.75) is 78.2 Å². The number of esters is 2. The molecule has 1 aromatic carbocycles. The number of likely N-dealkylation sites (tertiary alicyclic amines) is 1. The molecule has 0 unspecified atom stereocenters. The average Bonchev–Trinajstić information content (AvgIpc) is 2.62. The first-order valence-corrected chi connectivity index (χ1v) is 10.5. The predicted molar refractivity (Wildman–Crippen MR) is 117 cm³/mol. The van der Waals surface area contributed by atoms with Crippen molar-refractivity contribution >= 4 is 23.6 Å². The Morgan fingerprint density at radius 1 is 0.938 bits per heavy atom. The minimum absolute atomic E-state index is 0.607. The van der Waals surface area contributed by atoms with Crippen LogP contribution in [-0.4, -0.2) is 52.4 Å². The zero-order valence-electron chi connectivity index (χ0n) is 20.3. The molecule has 1 saturated heterocycles. The van der Waals surface area contributed by atoms with E-state index in [-0.39, 0.29) is 0 Å². The number of ether oxygens (including phenoxy) is 3. The first-order chi connectivity index (χ1) is 14.6. The highest BCUT2D eigenvalue weighted by Crippen LogP contribution is 2.47. The number of benzene rings is 1. The number of hydrogen-bond acceptors (Lipinski definition) is 7. The number of Topliss-reactive ketones (excluding diaryl/α,β-unsaturated/α-hetero) is 1. The lowest BCUT2D eigenvalue weighted by atomic mass is 9.69. The van der Waals surface area contributed by atoms with E-state index in [1.54, 1.807) is 72.7 Å². The van der Waals surface area contributed by atoms with E-state index in [0.29, 0.717) is 11.3 Å². The van der Waals surface area contributed by atoms with Gasteiger partial charge in [0.2, 0.25) is 5.91 Å². The van der Waals surface area contributed by atoms with Gasteiger partial charge in [0.25, 0.3) is 5.54 Å². The van der Waals surface area contributed by atoms with Crippen LogP contribution < -0.4 is 4.74 Å². The maximum absolute atomic E-state index is 13.5. The standard InChI is InChI=1S/C24H33NO7/c1-14(16-10-12-17(30-9)13-11-16)25-19(27)18(15(2)26)24(25,20(28)31-22(3,4)5)21(29)32-23(6,7)8/h10-14,18H,1-9H3/t14-,18+/m1/s1. The Balaban J connectivity index is 2.66. The third kappa shape index (κ3) is 4.64. The van der Waals surface area contributed by atoms with Gasteiger partial charge >= 0.3 is 11.9 Å². The summed E-state index contributed by atoms with van der Waals surface area (Å²) in [4.78, 5) is 53.8. The molecule has 0 radical (unpaired) electrons. The van der Waals surface area contributed by atoms with Crippen LogP contribution in [0.15, 0.2) is 24.3 Å². The predicted octanol–water partition coefficient (Wildman–Crippen LogP) is 3.23. The summed E-state index contributed by atoms with van der Waals surface area (Å²) >= 11 is 0. The molecule has 0 aromatic heterocycles. The zero-order chi connectivity index (χ0) is 24.6. The summed E-state index contributed by atoms with van der Waals surface area (Å²) < 4.78 is 16.3. The van der Waals surface area contributed by atoms with Gasteiger partial charge in [-0.2, -0.15) is 0 Å². The number of methoxy groups -OCH3 is 1. The Hall–Kier alpha value is -2.90. The summed E-state index contributed by atoms with van der Waals surface area (Å²) in [5, 5.41) is 0. The normalized spacial score (nSPS) is 19.0. The zero-order valence-corrected chi connectivity index (χ0v) is 20.3. The van der Waals surface area contributed by atoms with E-state index in [0.717, 1.165) is 4.90 Å². The van der Waals surface area contributed by atoms with Crippen LogP contribution in [-0.2, 0) is 28.7 Å². The largest absolute Gasteiger partial charge is 0.497 e. The second-order valence-electron chi connectivity index (χ2n) is 9.97. The van der Waals surface area contributed by atoms with Gasteiger partial charge in [0, 0.05) is 0 Å². The van der Waals surface area contributed by atoms with Crippen molar-refractivity contribution < 1.29 is 33.4 Å². The van der Waals surface area contributed by atoms with Gasteiger partial charge in [0.1, 0.15) is 28.7 Å². The quantitative estimate of drug-likeness (QED) is 0.375. The molecule has 0 saturated carbocycles. The van der Waals surface area contributed by atoms with Crippen LogP contribution in [0.4, 0.5) is 0 Å². The fourth-order valence-electron chi connectivity index (χ4n) is 3.79. The van der Waals surface area contributed by atoms with Gasteiger partial charge in [-0.3, -0.25) is 9.59 Å². The Bertz CT molecular complexity index is 878. The molecule has 2 rings (SSSR count). The highest BCUT2D eigenvalue weighted by molar-refractivity contribution is 6.24. The van der Waals surface area contributed by atoms with Crippen LogP contribution in [0.2, 0.25) is 0 Å². The fourth-order valence-corrected chi connectivity index (χ4v) is 3.79. The Morgan fingerprint density at radius 3 is 1.72 bits per heavy atom. The van der Waals surface area contributed by atoms with Crippen LogP contribution in [0, 0.1) is 5.92 Å². The van der Waals surface area contributed by atoms with Crippen molar-refractivity contribution in [3.05, 3.63) is 29.8 Å². The number of β-lactam (4-membered cyclic amide) rings is 1. The highest BCUT2D eigenvalue weighted by atomic mass is 16.6. The summed E-state index contributed by atoms with van der Waals surface area (Å²) in [6.45, 7) is 12.7. The van der Waals surface area contributed by atoms with E-state index < -0.39 is 52.3 Å². The Morgan fingerprint density at radius 2 is 1.38 bits per heavy atom. The molecule has 176 valence electrons. The maximum atomic E-state index is 13.5. The van der Waals surface area contributed by atoms with Gasteiger partial charge in [0.15, 0.2) is 0 Å². The van der Waals surface area contributed by atoms with Gasteiger partial charge in [-0.1, -0.05) is 12.1 Å². The van der Waals surface area contributed by atoms with Crippen molar-refractivity contribution in [1.82, 2.24) is 4.90 Å². The molecule has 0 N–H and O–H groups in total. The average molecular weight is 448 g/mol. The molecule has 2 atom stereocenters. The minimum Gasteiger partial charge on any atom is -0.497 e. The van der Waals surface area contributed by atoms with Crippen LogP contribution >= 0.6 is 0 Å². The Labute approximate surface area is 189 Å². The minimum atomic E-state index is -2.22. The fraction of sp³-hybridized carbons (Fsp3) is 0.583. The monoisotopic (exact) mass is 447 g/mol. The smallest absolute Gasteiger partial charge is 0.345 e. The molecule has 1 aromatic rings. The summed E-state index contributed by atoms with van der Waals surface area (Å²) in [5.74, 6) is -4.11. The number of carbonyl (C=O) groups is 4. The Kier molecular flexibility index (Phi) is 6.78. The van der Waals surface area contributed by atoms with E-state index in [1.807, 2.05) is 0 Å². The number of ketones is 1. The van der Waals surface area contributed by atoms with Crippen molar-refractivity contribution in [2.75, 3.05) is 7.11 Å². The second kappa shape index (κ2) is 8.56. The first-order valence-electron chi connectivity index (χ1n) is 10.5. The molecule has 8 nitrogen and oxygen atoms in total. The highest BCUT2D eigenvalue weighted by Gasteiger charge is 2.75. The number of amides is 1. The molecule has 0 spiro atoms. The van der Waals surface area contributed by atoms with Gasteiger partial charge < -0.3 is 19.1 Å². The molecule has 1 heterocycles. The molecular weight excluding hydrogens is 414 g/mol. The summed E-state index contributed by atoms with van der Waals surface area (Å²) in [7, 11) is 1.53. The van der Waals surface area contributed by atoms with Crippen molar-refractivity contribution in [3.8, 4) is 5.75 Å². The van der Waals surface area contributed by atoms with E-state index >= 15 is 0 Å². The third-order valence-electron chi connectivity index (χ3n) is 5.09. The molecule has 8 heteroatoms. The van der Waals surface area contributed by atoms with Crippen molar-refractivity contribution in [2.24, 2.45) is 5.92 Å². The lowest BCUT2D eigenvalue weighted by Gasteiger charge is -2.55. The van der Waals surface area contributed by atoms with Crippen molar-refractivity contribution in [1.29, 1.82) is 0 Å². The van der Waals surface area contributed by atoms with E-state index in [1.165, 1.54) is 14.0 Å². The van der Waals surface area contributed by atoms with Crippen LogP contribution in [0.1, 0.15) is 67.0 Å². The van der Waals surface area contributed by atoms with E-state index in [2.05, 4.69) is 0 Å². The number of rotatable bonds is 6. The van der Waals surface area contributed by atoms with Crippen LogP contribution in [0.3, 0.4) is 0 Å². The second-order valence-corrected chi connectivity index (χ2v) is 9.97. The van der Waals surface area contributed by atoms with Gasteiger partial charge in [-0.05, 0) is 73.1 Å². The van der Waals surface area contributed by atoms with Crippen LogP contribution in [0.25, 0.3) is 0 Å². The molecule has 1 fully saturated rings. The SMILES string of the molecule is COc1ccc([C@@H](C)N2C(=O)[C@H](C(C)=O)C2(C(=O)OC(C)(C)C)C(=O)OC(C)(C)C)cc1. The van der Waals surface area contributed by atoms with Gasteiger partial charge in [0.05, 0.1) is 13.2 Å².